The third-order valence-electron chi connectivity index (χ3n) is 5.22. The summed E-state index contributed by atoms with van der Waals surface area (Å²) in [4.78, 5) is 14.7. The Bertz CT molecular complexity index is 1250. The van der Waals surface area contributed by atoms with Gasteiger partial charge in [0.05, 0.1) is 7.11 Å². The molecule has 174 valence electrons. The van der Waals surface area contributed by atoms with Crippen LogP contribution in [0, 0.1) is 17.1 Å². The van der Waals surface area contributed by atoms with Gasteiger partial charge in [0.1, 0.15) is 24.1 Å². The molecule has 1 aromatic heterocycles. The fourth-order valence-electron chi connectivity index (χ4n) is 3.45. The van der Waals surface area contributed by atoms with Crippen LogP contribution in [-0.4, -0.2) is 36.3 Å². The lowest BCUT2D eigenvalue weighted by Crippen LogP contribution is -2.17. The number of hydrogen-bond acceptors (Lipinski definition) is 8. The molecule has 0 saturated carbocycles. The zero-order chi connectivity index (χ0) is 23.9. The van der Waals surface area contributed by atoms with Crippen molar-refractivity contribution in [3.8, 4) is 17.6 Å². The van der Waals surface area contributed by atoms with Crippen LogP contribution >= 0.6 is 11.3 Å². The number of carbonyl (C=O) groups is 1. The molecule has 0 aliphatic carbocycles. The van der Waals surface area contributed by atoms with Crippen molar-refractivity contribution >= 4 is 33.6 Å². The molecule has 0 atom stereocenters. The average molecular weight is 480 g/mol. The van der Waals surface area contributed by atoms with Crippen LogP contribution in [0.15, 0.2) is 48.0 Å². The van der Waals surface area contributed by atoms with Crippen LogP contribution in [0.2, 0.25) is 0 Å². The minimum atomic E-state index is -0.578. The summed E-state index contributed by atoms with van der Waals surface area (Å²) in [5.41, 5.74) is 0.887. The van der Waals surface area contributed by atoms with E-state index in [2.05, 4.69) is 20.4 Å². The fraction of sp³-hybridized carbons (Fsp3) is 0.250. The lowest BCUT2D eigenvalue weighted by molar-refractivity contribution is -0.112. The number of anilines is 2. The van der Waals surface area contributed by atoms with Gasteiger partial charge in [0, 0.05) is 18.7 Å². The zero-order valence-electron chi connectivity index (χ0n) is 18.5. The topological polar surface area (TPSA) is 100 Å². The van der Waals surface area contributed by atoms with Crippen molar-refractivity contribution < 1.29 is 18.7 Å². The van der Waals surface area contributed by atoms with E-state index in [1.54, 1.807) is 36.4 Å². The minimum absolute atomic E-state index is 0.0331. The van der Waals surface area contributed by atoms with E-state index in [0.29, 0.717) is 27.8 Å². The van der Waals surface area contributed by atoms with Crippen molar-refractivity contribution in [2.24, 2.45) is 0 Å². The quantitative estimate of drug-likeness (QED) is 0.377. The van der Waals surface area contributed by atoms with E-state index in [-0.39, 0.29) is 18.0 Å². The van der Waals surface area contributed by atoms with Crippen LogP contribution in [0.3, 0.4) is 0 Å². The average Bonchev–Trinajstić information content (AvgIpc) is 3.54. The number of nitriles is 1. The lowest BCUT2D eigenvalue weighted by Gasteiger charge is -2.12. The summed E-state index contributed by atoms with van der Waals surface area (Å²) in [7, 11) is 1.48. The second-order valence-corrected chi connectivity index (χ2v) is 8.45. The molecule has 0 spiro atoms. The van der Waals surface area contributed by atoms with Crippen molar-refractivity contribution in [1.29, 1.82) is 5.26 Å². The van der Waals surface area contributed by atoms with Gasteiger partial charge >= 0.3 is 0 Å². The molecule has 1 aliphatic heterocycles. The van der Waals surface area contributed by atoms with Crippen molar-refractivity contribution in [3.63, 3.8) is 0 Å². The summed E-state index contributed by atoms with van der Waals surface area (Å²) < 4.78 is 24.9. The molecule has 2 aromatic carbocycles. The molecule has 8 nitrogen and oxygen atoms in total. The van der Waals surface area contributed by atoms with Crippen LogP contribution in [0.1, 0.15) is 24.0 Å². The monoisotopic (exact) mass is 479 g/mol. The van der Waals surface area contributed by atoms with Gasteiger partial charge in [0.15, 0.2) is 11.5 Å². The van der Waals surface area contributed by atoms with E-state index in [0.717, 1.165) is 31.1 Å². The van der Waals surface area contributed by atoms with E-state index in [1.807, 2.05) is 6.07 Å². The maximum absolute atomic E-state index is 13.8. The van der Waals surface area contributed by atoms with E-state index >= 15 is 0 Å². The lowest BCUT2D eigenvalue weighted by atomic mass is 10.1. The van der Waals surface area contributed by atoms with Crippen LogP contribution in [0.5, 0.6) is 11.5 Å². The van der Waals surface area contributed by atoms with Crippen LogP contribution in [-0.2, 0) is 11.4 Å². The standard InChI is InChI=1S/C24H22FN5O3S/c1-32-21-13-16(8-9-20(21)33-15-17-6-2-3-7-19(17)25)12-18(14-26)22(31)27-23-28-29-24(34-23)30-10-4-5-11-30/h2-3,6-9,12-13H,4-5,10-11,15H2,1H3,(H,27,28,31)/b18-12-. The molecule has 4 rings (SSSR count). The van der Waals surface area contributed by atoms with Gasteiger partial charge in [-0.3, -0.25) is 10.1 Å². The van der Waals surface area contributed by atoms with E-state index in [1.165, 1.54) is 30.6 Å². The summed E-state index contributed by atoms with van der Waals surface area (Å²) >= 11 is 1.28. The highest BCUT2D eigenvalue weighted by Gasteiger charge is 2.19. The summed E-state index contributed by atoms with van der Waals surface area (Å²) in [5.74, 6) is -0.129. The number of nitrogens with one attached hydrogen (secondary N) is 1. The number of ether oxygens (including phenoxy) is 2. The molecule has 0 bridgehead atoms. The molecular weight excluding hydrogens is 457 g/mol. The van der Waals surface area contributed by atoms with Gasteiger partial charge < -0.3 is 14.4 Å². The highest BCUT2D eigenvalue weighted by molar-refractivity contribution is 7.19. The molecule has 1 aliphatic rings. The van der Waals surface area contributed by atoms with Crippen molar-refractivity contribution in [1.82, 2.24) is 10.2 Å². The van der Waals surface area contributed by atoms with Gasteiger partial charge in [-0.1, -0.05) is 35.6 Å². The first-order valence-corrected chi connectivity index (χ1v) is 11.4. The predicted octanol–water partition coefficient (Wildman–Crippen LogP) is 4.41. The first-order chi connectivity index (χ1) is 16.6. The first kappa shape index (κ1) is 23.2. The second kappa shape index (κ2) is 10.8. The molecule has 0 radical (unpaired) electrons. The van der Waals surface area contributed by atoms with Gasteiger partial charge in [-0.15, -0.1) is 10.2 Å². The molecule has 2 heterocycles. The zero-order valence-corrected chi connectivity index (χ0v) is 19.3. The summed E-state index contributed by atoms with van der Waals surface area (Å²) in [5, 5.41) is 21.4. The summed E-state index contributed by atoms with van der Waals surface area (Å²) in [6.07, 6.45) is 3.67. The highest BCUT2D eigenvalue weighted by Crippen LogP contribution is 2.30. The van der Waals surface area contributed by atoms with Crippen LogP contribution in [0.4, 0.5) is 14.7 Å². The number of carbonyl (C=O) groups excluding carboxylic acids is 1. The Morgan fingerprint density at radius 1 is 1.24 bits per heavy atom. The van der Waals surface area contributed by atoms with Crippen molar-refractivity contribution in [2.75, 3.05) is 30.4 Å². The van der Waals surface area contributed by atoms with Crippen molar-refractivity contribution in [3.05, 3.63) is 65.0 Å². The Morgan fingerprint density at radius 3 is 2.76 bits per heavy atom. The Labute approximate surface area is 200 Å². The van der Waals surface area contributed by atoms with E-state index in [9.17, 15) is 14.4 Å². The molecule has 1 N–H and O–H groups in total. The third-order valence-corrected chi connectivity index (χ3v) is 6.12. The number of halogens is 1. The number of rotatable bonds is 8. The molecule has 10 heteroatoms. The van der Waals surface area contributed by atoms with Gasteiger partial charge in [0.2, 0.25) is 10.3 Å². The normalized spacial score (nSPS) is 13.4. The van der Waals surface area contributed by atoms with Crippen LogP contribution < -0.4 is 19.7 Å². The molecule has 34 heavy (non-hydrogen) atoms. The maximum Gasteiger partial charge on any atom is 0.268 e. The summed E-state index contributed by atoms with van der Waals surface area (Å²) in [6.45, 7) is 1.88. The maximum atomic E-state index is 13.8. The SMILES string of the molecule is COc1cc(/C=C(/C#N)C(=O)Nc2nnc(N3CCCC3)s2)ccc1OCc1ccccc1F. The predicted molar refractivity (Wildman–Crippen MR) is 127 cm³/mol. The fourth-order valence-corrected chi connectivity index (χ4v) is 4.24. The number of benzene rings is 2. The van der Waals surface area contributed by atoms with E-state index in [4.69, 9.17) is 9.47 Å². The number of amides is 1. The Morgan fingerprint density at radius 2 is 2.03 bits per heavy atom. The smallest absolute Gasteiger partial charge is 0.268 e. The number of hydrogen-bond donors (Lipinski definition) is 1. The molecule has 3 aromatic rings. The van der Waals surface area contributed by atoms with Gasteiger partial charge in [-0.2, -0.15) is 5.26 Å². The first-order valence-electron chi connectivity index (χ1n) is 10.6. The van der Waals surface area contributed by atoms with Gasteiger partial charge in [0.25, 0.3) is 5.91 Å². The molecular formula is C24H22FN5O3S. The molecule has 0 unspecified atom stereocenters. The number of nitrogens with zero attached hydrogens (tertiary/aromatic N) is 4. The molecule has 1 fully saturated rings. The Hall–Kier alpha value is -3.97. The van der Waals surface area contributed by atoms with E-state index < -0.39 is 5.91 Å². The molecule has 1 saturated heterocycles. The number of methoxy groups -OCH3 is 1. The number of aromatic nitrogens is 2. The largest absolute Gasteiger partial charge is 0.493 e. The Kier molecular flexibility index (Phi) is 7.34. The summed E-state index contributed by atoms with van der Waals surface area (Å²) in [6, 6.07) is 13.2. The van der Waals surface area contributed by atoms with Gasteiger partial charge in [-0.25, -0.2) is 4.39 Å². The van der Waals surface area contributed by atoms with Gasteiger partial charge in [-0.05, 0) is 42.7 Å². The third kappa shape index (κ3) is 5.50. The highest BCUT2D eigenvalue weighted by atomic mass is 32.1. The Balaban J connectivity index is 1.45. The minimum Gasteiger partial charge on any atom is -0.493 e. The van der Waals surface area contributed by atoms with Crippen LogP contribution in [0.25, 0.3) is 6.08 Å². The second-order valence-electron chi connectivity index (χ2n) is 7.50. The van der Waals surface area contributed by atoms with Crippen molar-refractivity contribution in [2.45, 2.75) is 19.4 Å². The molecule has 1 amide bonds.